The molecule has 0 aliphatic rings. The molecule has 0 spiro atoms. The van der Waals surface area contributed by atoms with E-state index in [9.17, 15) is 4.79 Å². The third kappa shape index (κ3) is 6.28. The van der Waals surface area contributed by atoms with Gasteiger partial charge in [0.05, 0.1) is 13.7 Å². The van der Waals surface area contributed by atoms with Crippen molar-refractivity contribution in [2.75, 3.05) is 19.0 Å². The van der Waals surface area contributed by atoms with Gasteiger partial charge in [-0.05, 0) is 49.2 Å². The van der Waals surface area contributed by atoms with Gasteiger partial charge in [-0.2, -0.15) is 0 Å². The molecule has 0 aromatic heterocycles. The molecule has 2 rings (SSSR count). The number of carbonyl (C=O) groups excluding carboxylic acids is 1. The van der Waals surface area contributed by atoms with E-state index >= 15 is 0 Å². The predicted octanol–water partition coefficient (Wildman–Crippen LogP) is 5.22. The molecule has 2 aromatic rings. The SMILES string of the molecule is CCCCCOc1ccc(/C=C/C(=O)Nc2ccc(C)cc2)cc1OC. The lowest BCUT2D eigenvalue weighted by Crippen LogP contribution is -2.07. The Balaban J connectivity index is 1.96. The first-order valence-corrected chi connectivity index (χ1v) is 8.99. The summed E-state index contributed by atoms with van der Waals surface area (Å²) in [7, 11) is 1.62. The van der Waals surface area contributed by atoms with E-state index in [-0.39, 0.29) is 5.91 Å². The van der Waals surface area contributed by atoms with Gasteiger partial charge in [0, 0.05) is 11.8 Å². The number of hydrogen-bond acceptors (Lipinski definition) is 3. The van der Waals surface area contributed by atoms with Gasteiger partial charge in [0.25, 0.3) is 0 Å². The summed E-state index contributed by atoms with van der Waals surface area (Å²) in [5.41, 5.74) is 2.81. The summed E-state index contributed by atoms with van der Waals surface area (Å²) in [6.07, 6.45) is 6.61. The van der Waals surface area contributed by atoms with Gasteiger partial charge >= 0.3 is 0 Å². The molecule has 138 valence electrons. The van der Waals surface area contributed by atoms with E-state index in [1.54, 1.807) is 13.2 Å². The van der Waals surface area contributed by atoms with Crippen molar-refractivity contribution in [1.29, 1.82) is 0 Å². The number of hydrogen-bond donors (Lipinski definition) is 1. The van der Waals surface area contributed by atoms with Crippen LogP contribution in [0.5, 0.6) is 11.5 Å². The van der Waals surface area contributed by atoms with Crippen LogP contribution < -0.4 is 14.8 Å². The second-order valence-corrected chi connectivity index (χ2v) is 6.15. The van der Waals surface area contributed by atoms with Gasteiger partial charge < -0.3 is 14.8 Å². The Labute approximate surface area is 155 Å². The molecule has 0 aliphatic carbocycles. The van der Waals surface area contributed by atoms with Gasteiger partial charge in [-0.15, -0.1) is 0 Å². The lowest BCUT2D eigenvalue weighted by atomic mass is 10.2. The maximum absolute atomic E-state index is 12.0. The van der Waals surface area contributed by atoms with Crippen LogP contribution in [-0.4, -0.2) is 19.6 Å². The van der Waals surface area contributed by atoms with Crippen molar-refractivity contribution >= 4 is 17.7 Å². The van der Waals surface area contributed by atoms with E-state index in [1.165, 1.54) is 6.08 Å². The Morgan fingerprint density at radius 2 is 1.85 bits per heavy atom. The largest absolute Gasteiger partial charge is 0.493 e. The topological polar surface area (TPSA) is 47.6 Å². The van der Waals surface area contributed by atoms with E-state index in [4.69, 9.17) is 9.47 Å². The minimum atomic E-state index is -0.173. The molecule has 0 atom stereocenters. The number of rotatable bonds is 9. The molecular formula is C22H27NO3. The Hall–Kier alpha value is -2.75. The Morgan fingerprint density at radius 3 is 2.54 bits per heavy atom. The molecule has 0 bridgehead atoms. The van der Waals surface area contributed by atoms with Crippen LogP contribution in [0.15, 0.2) is 48.5 Å². The number of aryl methyl sites for hydroxylation is 1. The normalized spacial score (nSPS) is 10.7. The number of methoxy groups -OCH3 is 1. The minimum Gasteiger partial charge on any atom is -0.493 e. The summed E-state index contributed by atoms with van der Waals surface area (Å²) in [4.78, 5) is 12.0. The van der Waals surface area contributed by atoms with E-state index < -0.39 is 0 Å². The molecule has 1 amide bonds. The molecule has 0 aliphatic heterocycles. The highest BCUT2D eigenvalue weighted by atomic mass is 16.5. The van der Waals surface area contributed by atoms with Crippen molar-refractivity contribution in [1.82, 2.24) is 0 Å². The van der Waals surface area contributed by atoms with E-state index in [0.717, 1.165) is 41.8 Å². The van der Waals surface area contributed by atoms with Gasteiger partial charge in [-0.25, -0.2) is 0 Å². The molecule has 0 heterocycles. The van der Waals surface area contributed by atoms with E-state index in [1.807, 2.05) is 49.4 Å². The smallest absolute Gasteiger partial charge is 0.248 e. The zero-order chi connectivity index (χ0) is 18.8. The van der Waals surface area contributed by atoms with Crippen LogP contribution in [0.1, 0.15) is 37.3 Å². The average Bonchev–Trinajstić information content (AvgIpc) is 2.66. The molecular weight excluding hydrogens is 326 g/mol. The summed E-state index contributed by atoms with van der Waals surface area (Å²) in [5.74, 6) is 1.22. The summed E-state index contributed by atoms with van der Waals surface area (Å²) >= 11 is 0. The summed E-state index contributed by atoms with van der Waals surface area (Å²) < 4.78 is 11.2. The molecule has 4 heteroatoms. The number of amides is 1. The highest BCUT2D eigenvalue weighted by Gasteiger charge is 2.05. The van der Waals surface area contributed by atoms with Gasteiger partial charge in [0.15, 0.2) is 11.5 Å². The molecule has 4 nitrogen and oxygen atoms in total. The molecule has 1 N–H and O–H groups in total. The first kappa shape index (κ1) is 19.6. The zero-order valence-electron chi connectivity index (χ0n) is 15.7. The van der Waals surface area contributed by atoms with E-state index in [0.29, 0.717) is 12.4 Å². The fraction of sp³-hybridized carbons (Fsp3) is 0.318. The number of nitrogens with one attached hydrogen (secondary N) is 1. The van der Waals surface area contributed by atoms with Crippen LogP contribution in [0.25, 0.3) is 6.08 Å². The molecule has 26 heavy (non-hydrogen) atoms. The average molecular weight is 353 g/mol. The van der Waals surface area contributed by atoms with Crippen molar-refractivity contribution < 1.29 is 14.3 Å². The van der Waals surface area contributed by atoms with Crippen molar-refractivity contribution in [3.63, 3.8) is 0 Å². The third-order valence-corrected chi connectivity index (χ3v) is 3.94. The van der Waals surface area contributed by atoms with Gasteiger partial charge in [0.1, 0.15) is 0 Å². The van der Waals surface area contributed by atoms with Gasteiger partial charge in [0.2, 0.25) is 5.91 Å². The number of carbonyl (C=O) groups is 1. The van der Waals surface area contributed by atoms with Crippen molar-refractivity contribution in [2.24, 2.45) is 0 Å². The van der Waals surface area contributed by atoms with Crippen LogP contribution in [-0.2, 0) is 4.79 Å². The second kappa shape index (κ2) is 10.3. The monoisotopic (exact) mass is 353 g/mol. The lowest BCUT2D eigenvalue weighted by molar-refractivity contribution is -0.111. The highest BCUT2D eigenvalue weighted by molar-refractivity contribution is 6.01. The summed E-state index contributed by atoms with van der Waals surface area (Å²) in [6, 6.07) is 13.3. The maximum atomic E-state index is 12.0. The number of unbranched alkanes of at least 4 members (excludes halogenated alkanes) is 2. The quantitative estimate of drug-likeness (QED) is 0.496. The molecule has 0 saturated heterocycles. The molecule has 0 unspecified atom stereocenters. The predicted molar refractivity (Wildman–Crippen MR) is 107 cm³/mol. The first-order valence-electron chi connectivity index (χ1n) is 8.99. The van der Waals surface area contributed by atoms with Crippen LogP contribution in [0.3, 0.4) is 0 Å². The Kier molecular flexibility index (Phi) is 7.75. The van der Waals surface area contributed by atoms with Crippen LogP contribution >= 0.6 is 0 Å². The fourth-order valence-electron chi connectivity index (χ4n) is 2.43. The number of ether oxygens (including phenoxy) is 2. The van der Waals surface area contributed by atoms with E-state index in [2.05, 4.69) is 12.2 Å². The number of benzene rings is 2. The van der Waals surface area contributed by atoms with Crippen molar-refractivity contribution in [3.05, 3.63) is 59.7 Å². The second-order valence-electron chi connectivity index (χ2n) is 6.15. The molecule has 0 fully saturated rings. The minimum absolute atomic E-state index is 0.173. The summed E-state index contributed by atoms with van der Waals surface area (Å²) in [6.45, 7) is 4.85. The lowest BCUT2D eigenvalue weighted by Gasteiger charge is -2.11. The third-order valence-electron chi connectivity index (χ3n) is 3.94. The van der Waals surface area contributed by atoms with Crippen LogP contribution in [0.2, 0.25) is 0 Å². The van der Waals surface area contributed by atoms with Crippen molar-refractivity contribution in [2.45, 2.75) is 33.1 Å². The highest BCUT2D eigenvalue weighted by Crippen LogP contribution is 2.28. The Morgan fingerprint density at radius 1 is 1.08 bits per heavy atom. The van der Waals surface area contributed by atoms with Crippen LogP contribution in [0.4, 0.5) is 5.69 Å². The zero-order valence-corrected chi connectivity index (χ0v) is 15.7. The van der Waals surface area contributed by atoms with Gasteiger partial charge in [-0.1, -0.05) is 43.5 Å². The van der Waals surface area contributed by atoms with Gasteiger partial charge in [-0.3, -0.25) is 4.79 Å². The summed E-state index contributed by atoms with van der Waals surface area (Å²) in [5, 5.41) is 2.84. The van der Waals surface area contributed by atoms with Crippen LogP contribution in [0, 0.1) is 6.92 Å². The first-order chi connectivity index (χ1) is 12.6. The maximum Gasteiger partial charge on any atom is 0.248 e. The Bertz CT molecular complexity index is 736. The number of anilines is 1. The molecule has 0 saturated carbocycles. The molecule has 2 aromatic carbocycles. The van der Waals surface area contributed by atoms with Crippen molar-refractivity contribution in [3.8, 4) is 11.5 Å². The standard InChI is InChI=1S/C22H27NO3/c1-4-5-6-15-26-20-13-9-18(16-21(20)25-3)10-14-22(24)23-19-11-7-17(2)8-12-19/h7-14,16H,4-6,15H2,1-3H3,(H,23,24)/b14-10+. The molecule has 0 radical (unpaired) electrons. The fourth-order valence-corrected chi connectivity index (χ4v) is 2.43.